The van der Waals surface area contributed by atoms with Crippen LogP contribution < -0.4 is 5.32 Å². The van der Waals surface area contributed by atoms with Crippen LogP contribution in [0.25, 0.3) is 11.4 Å². The van der Waals surface area contributed by atoms with Crippen molar-refractivity contribution >= 4 is 11.8 Å². The van der Waals surface area contributed by atoms with Crippen LogP contribution in [-0.2, 0) is 25.2 Å². The number of fused-ring (bicyclic) bond motifs is 2. The van der Waals surface area contributed by atoms with Gasteiger partial charge in [0.2, 0.25) is 11.8 Å². The highest BCUT2D eigenvalue weighted by molar-refractivity contribution is 5.90. The van der Waals surface area contributed by atoms with Gasteiger partial charge in [-0.3, -0.25) is 10.00 Å². The SMILES string of the molecule is CCc1nnc([C@@]23C[C@H](C)C[C@@H](C2)N3C(=O)Nc2cc(-c3ncn(C)n3)c(C(F)(F)F)cn2)o1. The lowest BCUT2D eigenvalue weighted by molar-refractivity contribution is -0.137. The number of piperidine rings is 1. The molecule has 34 heavy (non-hydrogen) atoms. The number of anilines is 1. The number of aromatic nitrogens is 6. The maximum absolute atomic E-state index is 13.6. The first-order chi connectivity index (χ1) is 16.1. The summed E-state index contributed by atoms with van der Waals surface area (Å²) in [5.74, 6) is 1.08. The molecular formula is C21H23F3N8O2. The number of halogens is 3. The number of likely N-dealkylation sites (tertiary alicyclic amines) is 1. The third-order valence-corrected chi connectivity index (χ3v) is 6.43. The molecule has 1 N–H and O–H groups in total. The minimum Gasteiger partial charge on any atom is -0.423 e. The van der Waals surface area contributed by atoms with Gasteiger partial charge in [0.15, 0.2) is 5.82 Å². The second-order valence-electron chi connectivity index (χ2n) is 8.94. The summed E-state index contributed by atoms with van der Waals surface area (Å²) in [6.45, 7) is 4.01. The third kappa shape index (κ3) is 3.59. The smallest absolute Gasteiger partial charge is 0.418 e. The summed E-state index contributed by atoms with van der Waals surface area (Å²) in [7, 11) is 1.55. The van der Waals surface area contributed by atoms with Crippen molar-refractivity contribution in [1.29, 1.82) is 0 Å². The molecular weight excluding hydrogens is 453 g/mol. The number of urea groups is 1. The van der Waals surface area contributed by atoms with Crippen LogP contribution in [0, 0.1) is 5.92 Å². The van der Waals surface area contributed by atoms with Gasteiger partial charge in [-0.05, 0) is 24.8 Å². The number of aryl methyl sites for hydroxylation is 2. The summed E-state index contributed by atoms with van der Waals surface area (Å²) >= 11 is 0. The molecule has 1 aliphatic heterocycles. The number of carbonyl (C=O) groups excluding carboxylic acids is 1. The van der Waals surface area contributed by atoms with E-state index < -0.39 is 23.3 Å². The number of nitrogens with zero attached hydrogens (tertiary/aromatic N) is 7. The molecule has 1 saturated heterocycles. The highest BCUT2D eigenvalue weighted by atomic mass is 19.4. The van der Waals surface area contributed by atoms with Gasteiger partial charge in [-0.1, -0.05) is 13.8 Å². The van der Waals surface area contributed by atoms with Crippen LogP contribution in [0.1, 0.15) is 50.5 Å². The first kappa shape index (κ1) is 22.3. The molecule has 0 radical (unpaired) electrons. The number of hydrogen-bond donors (Lipinski definition) is 1. The molecule has 0 unspecified atom stereocenters. The maximum Gasteiger partial charge on any atom is 0.418 e. The molecule has 2 fully saturated rings. The summed E-state index contributed by atoms with van der Waals surface area (Å²) in [4.78, 5) is 22.8. The van der Waals surface area contributed by atoms with E-state index in [0.717, 1.165) is 12.5 Å². The number of amides is 2. The summed E-state index contributed by atoms with van der Waals surface area (Å²) in [6.07, 6.45) is 0.0671. The van der Waals surface area contributed by atoms with Crippen molar-refractivity contribution in [2.45, 2.75) is 57.3 Å². The fraction of sp³-hybridized carbons (Fsp3) is 0.524. The Hall–Kier alpha value is -3.51. The van der Waals surface area contributed by atoms with Gasteiger partial charge < -0.3 is 9.32 Å². The zero-order chi connectivity index (χ0) is 24.3. The van der Waals surface area contributed by atoms with Crippen molar-refractivity contribution in [3.05, 3.63) is 35.9 Å². The van der Waals surface area contributed by atoms with Crippen molar-refractivity contribution in [2.75, 3.05) is 5.32 Å². The van der Waals surface area contributed by atoms with E-state index in [-0.39, 0.29) is 23.2 Å². The number of rotatable bonds is 4. The Morgan fingerprint density at radius 2 is 2.09 bits per heavy atom. The Bertz CT molecular complexity index is 1240. The van der Waals surface area contributed by atoms with E-state index in [1.807, 2.05) is 6.92 Å². The number of nitrogens with one attached hydrogen (secondary N) is 1. The minimum atomic E-state index is -4.66. The number of pyridine rings is 1. The molecule has 1 saturated carbocycles. The van der Waals surface area contributed by atoms with E-state index in [9.17, 15) is 18.0 Å². The summed E-state index contributed by atoms with van der Waals surface area (Å²) in [6, 6.07) is 0.627. The molecule has 10 nitrogen and oxygen atoms in total. The number of hydrogen-bond acceptors (Lipinski definition) is 7. The van der Waals surface area contributed by atoms with Gasteiger partial charge in [-0.2, -0.15) is 18.3 Å². The molecule has 0 spiro atoms. The normalized spacial score (nSPS) is 24.1. The van der Waals surface area contributed by atoms with E-state index in [1.54, 1.807) is 11.9 Å². The molecule has 3 atom stereocenters. The van der Waals surface area contributed by atoms with E-state index in [0.29, 0.717) is 43.2 Å². The van der Waals surface area contributed by atoms with Gasteiger partial charge in [-0.15, -0.1) is 10.2 Å². The Labute approximate surface area is 192 Å². The first-order valence-corrected chi connectivity index (χ1v) is 11.0. The topological polar surface area (TPSA) is 115 Å². The van der Waals surface area contributed by atoms with Crippen LogP contribution in [0.2, 0.25) is 0 Å². The van der Waals surface area contributed by atoms with Gasteiger partial charge in [-0.25, -0.2) is 14.8 Å². The molecule has 0 aromatic carbocycles. The molecule has 2 bridgehead atoms. The first-order valence-electron chi connectivity index (χ1n) is 11.0. The fourth-order valence-corrected chi connectivity index (χ4v) is 5.10. The molecule has 4 heterocycles. The lowest BCUT2D eigenvalue weighted by Gasteiger charge is -2.61. The molecule has 2 amide bonds. The highest BCUT2D eigenvalue weighted by Gasteiger charge is 2.62. The zero-order valence-electron chi connectivity index (χ0n) is 18.8. The van der Waals surface area contributed by atoms with Gasteiger partial charge in [0, 0.05) is 37.7 Å². The van der Waals surface area contributed by atoms with Crippen molar-refractivity contribution in [3.63, 3.8) is 0 Å². The van der Waals surface area contributed by atoms with Gasteiger partial charge in [0.25, 0.3) is 0 Å². The van der Waals surface area contributed by atoms with Crippen LogP contribution in [0.3, 0.4) is 0 Å². The van der Waals surface area contributed by atoms with Crippen molar-refractivity contribution in [3.8, 4) is 11.4 Å². The highest BCUT2D eigenvalue weighted by Crippen LogP contribution is 2.55. The van der Waals surface area contributed by atoms with Crippen LogP contribution >= 0.6 is 0 Å². The Balaban J connectivity index is 1.46. The molecule has 3 aromatic rings. The van der Waals surface area contributed by atoms with Crippen LogP contribution in [0.4, 0.5) is 23.8 Å². The second-order valence-corrected chi connectivity index (χ2v) is 8.94. The summed E-state index contributed by atoms with van der Waals surface area (Å²) in [5, 5.41) is 14.9. The predicted molar refractivity (Wildman–Crippen MR) is 112 cm³/mol. The van der Waals surface area contributed by atoms with Gasteiger partial charge >= 0.3 is 12.2 Å². The van der Waals surface area contributed by atoms with E-state index in [4.69, 9.17) is 4.42 Å². The van der Waals surface area contributed by atoms with E-state index >= 15 is 0 Å². The third-order valence-electron chi connectivity index (χ3n) is 6.43. The standard InChI is InChI=1S/C21H23F3N8O2/c1-4-16-28-29-18(34-16)20-7-11(2)5-12(8-20)32(20)19(33)27-15-6-13(17-26-10-31(3)30-17)14(9-25-15)21(22,23)24/h6,9-12H,4-5,7-8H2,1-3H3,(H,25,27,33)/t11-,12+,20-/m1/s1. The van der Waals surface area contributed by atoms with Crippen molar-refractivity contribution in [1.82, 2.24) is 34.8 Å². The van der Waals surface area contributed by atoms with Gasteiger partial charge in [0.05, 0.1) is 5.56 Å². The Morgan fingerprint density at radius 1 is 1.29 bits per heavy atom. The maximum atomic E-state index is 13.6. The minimum absolute atomic E-state index is 0.0339. The Morgan fingerprint density at radius 3 is 2.74 bits per heavy atom. The van der Waals surface area contributed by atoms with Crippen LogP contribution in [0.5, 0.6) is 0 Å². The molecule has 2 aliphatic rings. The molecule has 13 heteroatoms. The fourth-order valence-electron chi connectivity index (χ4n) is 5.10. The molecule has 5 rings (SSSR count). The quantitative estimate of drug-likeness (QED) is 0.609. The molecule has 1 aliphatic carbocycles. The van der Waals surface area contributed by atoms with Gasteiger partial charge in [0.1, 0.15) is 17.7 Å². The average molecular weight is 476 g/mol. The van der Waals surface area contributed by atoms with Crippen molar-refractivity contribution < 1.29 is 22.4 Å². The van der Waals surface area contributed by atoms with Crippen molar-refractivity contribution in [2.24, 2.45) is 13.0 Å². The van der Waals surface area contributed by atoms with E-state index in [2.05, 4.69) is 37.5 Å². The lowest BCUT2D eigenvalue weighted by atomic mass is 9.64. The van der Waals surface area contributed by atoms with Crippen LogP contribution in [-0.4, -0.2) is 46.9 Å². The lowest BCUT2D eigenvalue weighted by Crippen LogP contribution is -2.70. The largest absolute Gasteiger partial charge is 0.423 e. The van der Waals surface area contributed by atoms with Crippen LogP contribution in [0.15, 0.2) is 23.0 Å². The second kappa shape index (κ2) is 7.77. The van der Waals surface area contributed by atoms with E-state index in [1.165, 1.54) is 11.0 Å². The number of carbonyl (C=O) groups is 1. The summed E-state index contributed by atoms with van der Waals surface area (Å²) in [5.41, 5.74) is -1.99. The zero-order valence-corrected chi connectivity index (χ0v) is 18.8. The average Bonchev–Trinajstić information content (AvgIpc) is 3.41. The Kier molecular flexibility index (Phi) is 5.10. The monoisotopic (exact) mass is 476 g/mol. The predicted octanol–water partition coefficient (Wildman–Crippen LogP) is 3.77. The molecule has 3 aromatic heterocycles. The molecule has 180 valence electrons. The number of alkyl halides is 3. The summed E-state index contributed by atoms with van der Waals surface area (Å²) < 4.78 is 47.8.